The van der Waals surface area contributed by atoms with Gasteiger partial charge in [0.2, 0.25) is 5.91 Å². The predicted octanol–water partition coefficient (Wildman–Crippen LogP) is 1.75. The normalized spacial score (nSPS) is 21.0. The van der Waals surface area contributed by atoms with Crippen molar-refractivity contribution in [2.75, 3.05) is 0 Å². The number of nitrogens with one attached hydrogen (secondary N) is 1. The summed E-state index contributed by atoms with van der Waals surface area (Å²) in [6, 6.07) is 9.97. The SMILES string of the molecule is O=C1NC(=S)S[C@@H]1Cc1ccccc1. The maximum Gasteiger partial charge on any atom is 0.239 e. The van der Waals surface area contributed by atoms with E-state index in [2.05, 4.69) is 5.32 Å². The number of amides is 1. The van der Waals surface area contributed by atoms with Crippen LogP contribution in [0.5, 0.6) is 0 Å². The Kier molecular flexibility index (Phi) is 2.84. The largest absolute Gasteiger partial charge is 0.311 e. The van der Waals surface area contributed by atoms with E-state index in [1.165, 1.54) is 17.3 Å². The molecule has 0 spiro atoms. The minimum absolute atomic E-state index is 0.0313. The van der Waals surface area contributed by atoms with Crippen molar-refractivity contribution in [3.05, 3.63) is 35.9 Å². The Morgan fingerprint density at radius 2 is 2.07 bits per heavy atom. The lowest BCUT2D eigenvalue weighted by atomic mass is 10.1. The molecule has 1 saturated heterocycles. The summed E-state index contributed by atoms with van der Waals surface area (Å²) in [5.74, 6) is 0.0313. The maximum absolute atomic E-state index is 11.4. The Hall–Kier alpha value is -0.870. The second-order valence-electron chi connectivity index (χ2n) is 3.07. The van der Waals surface area contributed by atoms with Crippen LogP contribution < -0.4 is 5.32 Å². The van der Waals surface area contributed by atoms with Crippen LogP contribution in [0.15, 0.2) is 30.3 Å². The fourth-order valence-corrected chi connectivity index (χ4v) is 2.66. The third-order valence-corrected chi connectivity index (χ3v) is 3.40. The van der Waals surface area contributed by atoms with E-state index in [9.17, 15) is 4.79 Å². The molecule has 0 bridgehead atoms. The van der Waals surface area contributed by atoms with Crippen LogP contribution in [-0.2, 0) is 11.2 Å². The van der Waals surface area contributed by atoms with Gasteiger partial charge in [-0.1, -0.05) is 54.3 Å². The van der Waals surface area contributed by atoms with Gasteiger partial charge >= 0.3 is 0 Å². The Morgan fingerprint density at radius 3 is 2.64 bits per heavy atom. The summed E-state index contributed by atoms with van der Waals surface area (Å²) in [6.07, 6.45) is 0.747. The lowest BCUT2D eigenvalue weighted by molar-refractivity contribution is -0.118. The van der Waals surface area contributed by atoms with Crippen LogP contribution in [-0.4, -0.2) is 15.5 Å². The van der Waals surface area contributed by atoms with Gasteiger partial charge < -0.3 is 5.32 Å². The third kappa shape index (κ3) is 2.13. The highest BCUT2D eigenvalue weighted by Crippen LogP contribution is 2.22. The van der Waals surface area contributed by atoms with E-state index >= 15 is 0 Å². The van der Waals surface area contributed by atoms with Crippen molar-refractivity contribution < 1.29 is 4.79 Å². The number of benzene rings is 1. The Labute approximate surface area is 92.1 Å². The lowest BCUT2D eigenvalue weighted by Gasteiger charge is -2.04. The molecule has 1 aromatic carbocycles. The molecule has 1 aromatic rings. The molecular formula is C10H9NOS2. The molecule has 1 aliphatic heterocycles. The number of thiocarbonyl (C=S) groups is 1. The first-order valence-electron chi connectivity index (χ1n) is 4.31. The van der Waals surface area contributed by atoms with Gasteiger partial charge in [0, 0.05) is 0 Å². The Balaban J connectivity index is 2.05. The molecule has 1 amide bonds. The van der Waals surface area contributed by atoms with Crippen LogP contribution in [0.1, 0.15) is 5.56 Å². The Bertz CT molecular complexity index is 364. The van der Waals surface area contributed by atoms with Gasteiger partial charge in [0.1, 0.15) is 4.32 Å². The molecule has 0 aliphatic carbocycles. The molecular weight excluding hydrogens is 214 g/mol. The number of hydrogen-bond donors (Lipinski definition) is 1. The van der Waals surface area contributed by atoms with Crippen LogP contribution in [0.2, 0.25) is 0 Å². The van der Waals surface area contributed by atoms with Crippen molar-refractivity contribution in [3.63, 3.8) is 0 Å². The fourth-order valence-electron chi connectivity index (χ4n) is 1.36. The molecule has 1 heterocycles. The van der Waals surface area contributed by atoms with Crippen LogP contribution >= 0.6 is 24.0 Å². The summed E-state index contributed by atoms with van der Waals surface area (Å²) < 4.78 is 0.593. The predicted molar refractivity (Wildman–Crippen MR) is 62.3 cm³/mol. The van der Waals surface area contributed by atoms with Crippen molar-refractivity contribution in [2.24, 2.45) is 0 Å². The quantitative estimate of drug-likeness (QED) is 0.774. The van der Waals surface area contributed by atoms with E-state index in [0.717, 1.165) is 6.42 Å². The summed E-state index contributed by atoms with van der Waals surface area (Å²) in [4.78, 5) is 11.4. The van der Waals surface area contributed by atoms with Crippen molar-refractivity contribution in [1.82, 2.24) is 5.32 Å². The van der Waals surface area contributed by atoms with Gasteiger partial charge in [-0.3, -0.25) is 4.79 Å². The lowest BCUT2D eigenvalue weighted by Crippen LogP contribution is -2.25. The summed E-state index contributed by atoms with van der Waals surface area (Å²) in [5, 5.41) is 2.59. The van der Waals surface area contributed by atoms with E-state index in [4.69, 9.17) is 12.2 Å². The van der Waals surface area contributed by atoms with Gasteiger partial charge in [-0.05, 0) is 12.0 Å². The number of carbonyl (C=O) groups excluding carboxylic acids is 1. The molecule has 0 radical (unpaired) electrons. The van der Waals surface area contributed by atoms with E-state index in [0.29, 0.717) is 4.32 Å². The minimum atomic E-state index is -0.0510. The van der Waals surface area contributed by atoms with Crippen molar-refractivity contribution >= 4 is 34.2 Å². The van der Waals surface area contributed by atoms with Gasteiger partial charge in [-0.15, -0.1) is 0 Å². The number of carbonyl (C=O) groups is 1. The standard InChI is InChI=1S/C10H9NOS2/c12-9-8(14-10(13)11-9)6-7-4-2-1-3-5-7/h1-5,8H,6H2,(H,11,12,13)/t8-/m1/s1. The van der Waals surface area contributed by atoms with Gasteiger partial charge in [0.15, 0.2) is 0 Å². The summed E-state index contributed by atoms with van der Waals surface area (Å²) in [7, 11) is 0. The zero-order chi connectivity index (χ0) is 9.97. The van der Waals surface area contributed by atoms with Crippen LogP contribution in [0.25, 0.3) is 0 Å². The first-order valence-corrected chi connectivity index (χ1v) is 5.60. The molecule has 14 heavy (non-hydrogen) atoms. The molecule has 0 unspecified atom stereocenters. The van der Waals surface area contributed by atoms with Gasteiger partial charge in [-0.25, -0.2) is 0 Å². The number of rotatable bonds is 2. The first kappa shape index (κ1) is 9.68. The highest BCUT2D eigenvalue weighted by atomic mass is 32.2. The molecule has 0 aromatic heterocycles. The van der Waals surface area contributed by atoms with Crippen LogP contribution in [0.4, 0.5) is 0 Å². The molecule has 1 atom stereocenters. The highest BCUT2D eigenvalue weighted by molar-refractivity contribution is 8.24. The first-order chi connectivity index (χ1) is 6.75. The molecule has 1 N–H and O–H groups in total. The molecule has 0 saturated carbocycles. The smallest absolute Gasteiger partial charge is 0.239 e. The average Bonchev–Trinajstić information content (AvgIpc) is 2.47. The van der Waals surface area contributed by atoms with E-state index in [1.54, 1.807) is 0 Å². The average molecular weight is 223 g/mol. The molecule has 2 nitrogen and oxygen atoms in total. The van der Waals surface area contributed by atoms with E-state index in [1.807, 2.05) is 30.3 Å². The molecule has 2 rings (SSSR count). The van der Waals surface area contributed by atoms with E-state index in [-0.39, 0.29) is 11.2 Å². The summed E-state index contributed by atoms with van der Waals surface area (Å²) >= 11 is 6.36. The van der Waals surface area contributed by atoms with Gasteiger partial charge in [-0.2, -0.15) is 0 Å². The summed E-state index contributed by atoms with van der Waals surface area (Å²) in [5.41, 5.74) is 1.17. The van der Waals surface area contributed by atoms with Crippen molar-refractivity contribution in [1.29, 1.82) is 0 Å². The molecule has 72 valence electrons. The zero-order valence-electron chi connectivity index (χ0n) is 7.40. The van der Waals surface area contributed by atoms with Crippen LogP contribution in [0.3, 0.4) is 0 Å². The van der Waals surface area contributed by atoms with Gasteiger partial charge in [0.05, 0.1) is 5.25 Å². The second-order valence-corrected chi connectivity index (χ2v) is 4.95. The Morgan fingerprint density at radius 1 is 1.36 bits per heavy atom. The highest BCUT2D eigenvalue weighted by Gasteiger charge is 2.28. The molecule has 4 heteroatoms. The van der Waals surface area contributed by atoms with Gasteiger partial charge in [0.25, 0.3) is 0 Å². The monoisotopic (exact) mass is 223 g/mol. The maximum atomic E-state index is 11.4. The fraction of sp³-hybridized carbons (Fsp3) is 0.200. The number of hydrogen-bond acceptors (Lipinski definition) is 3. The van der Waals surface area contributed by atoms with Crippen LogP contribution in [0, 0.1) is 0 Å². The minimum Gasteiger partial charge on any atom is -0.311 e. The molecule has 1 fully saturated rings. The van der Waals surface area contributed by atoms with Crippen molar-refractivity contribution in [3.8, 4) is 0 Å². The summed E-state index contributed by atoms with van der Waals surface area (Å²) in [6.45, 7) is 0. The van der Waals surface area contributed by atoms with E-state index < -0.39 is 0 Å². The topological polar surface area (TPSA) is 29.1 Å². The molecule has 1 aliphatic rings. The second kappa shape index (κ2) is 4.11. The third-order valence-electron chi connectivity index (χ3n) is 2.03. The van der Waals surface area contributed by atoms with Crippen molar-refractivity contribution in [2.45, 2.75) is 11.7 Å². The number of thioether (sulfide) groups is 1. The zero-order valence-corrected chi connectivity index (χ0v) is 9.03.